The molecule has 1 aromatic rings. The van der Waals surface area contributed by atoms with Gasteiger partial charge in [-0.2, -0.15) is 0 Å². The van der Waals surface area contributed by atoms with Crippen molar-refractivity contribution in [2.45, 2.75) is 39.0 Å². The molecule has 4 aliphatic carbocycles. The summed E-state index contributed by atoms with van der Waals surface area (Å²) in [6.45, 7) is 6.18. The fourth-order valence-electron chi connectivity index (χ4n) is 5.65. The predicted octanol–water partition coefficient (Wildman–Crippen LogP) is 3.33. The number of nitrogens with zero attached hydrogens (tertiary/aromatic N) is 1. The summed E-state index contributed by atoms with van der Waals surface area (Å²) in [5.74, 6) is 0.381. The molecule has 2 saturated carbocycles. The van der Waals surface area contributed by atoms with Crippen LogP contribution in [0.3, 0.4) is 0 Å². The van der Waals surface area contributed by atoms with Crippen LogP contribution in [0.25, 0.3) is 0 Å². The minimum Gasteiger partial charge on any atom is -0.425 e. The molecule has 29 heavy (non-hydrogen) atoms. The van der Waals surface area contributed by atoms with Crippen LogP contribution in [0.4, 0.5) is 0 Å². The lowest BCUT2D eigenvalue weighted by Crippen LogP contribution is -2.40. The number of hydrogen-bond donors (Lipinski definition) is 0. The van der Waals surface area contributed by atoms with Gasteiger partial charge in [-0.15, -0.1) is 0 Å². The van der Waals surface area contributed by atoms with Crippen LogP contribution in [0.2, 0.25) is 0 Å². The average molecular weight is 393 g/mol. The second-order valence-corrected chi connectivity index (χ2v) is 9.65. The van der Waals surface area contributed by atoms with E-state index in [0.29, 0.717) is 17.6 Å². The van der Waals surface area contributed by atoms with Gasteiger partial charge < -0.3 is 4.74 Å². The lowest BCUT2D eigenvalue weighted by atomic mass is 9.63. The molecule has 6 rings (SSSR count). The third-order valence-corrected chi connectivity index (χ3v) is 7.79. The third kappa shape index (κ3) is 2.77. The van der Waals surface area contributed by atoms with Crippen LogP contribution in [0.1, 0.15) is 39.2 Å². The normalized spacial score (nSPS) is 34.2. The Morgan fingerprint density at radius 2 is 1.59 bits per heavy atom. The quantitative estimate of drug-likeness (QED) is 0.333. The Kier molecular flexibility index (Phi) is 4.03. The molecule has 0 spiro atoms. The molecule has 5 aliphatic rings. The van der Waals surface area contributed by atoms with Crippen LogP contribution in [0.15, 0.2) is 36.4 Å². The second kappa shape index (κ2) is 6.28. The number of allylic oxidation sites excluding steroid dienone is 2. The number of rotatable bonds is 5. The van der Waals surface area contributed by atoms with Gasteiger partial charge in [0.05, 0.1) is 11.8 Å². The van der Waals surface area contributed by atoms with Crippen molar-refractivity contribution in [2.75, 3.05) is 6.54 Å². The van der Waals surface area contributed by atoms with E-state index in [1.165, 1.54) is 5.56 Å². The molecular weight excluding hydrogens is 366 g/mol. The standard InChI is InChI=1S/C24H27NO4/c1-4-24(2,3)13-5-7-14(8-6-13)29-19(26)12-25-22(27)20-15-9-10-16(18-11-17(15)18)21(20)23(25)28/h5-10,15-18,20-21H,4,11-12H2,1-3H3/t15-,16-,17-,18-,20+,21+/m0/s1. The summed E-state index contributed by atoms with van der Waals surface area (Å²) in [5, 5.41) is 0. The molecule has 3 fully saturated rings. The molecule has 0 radical (unpaired) electrons. The van der Waals surface area contributed by atoms with E-state index in [4.69, 9.17) is 4.74 Å². The van der Waals surface area contributed by atoms with Gasteiger partial charge >= 0.3 is 5.97 Å². The fraction of sp³-hybridized carbons (Fsp3) is 0.542. The van der Waals surface area contributed by atoms with Crippen molar-refractivity contribution >= 4 is 17.8 Å². The van der Waals surface area contributed by atoms with Crippen LogP contribution in [-0.2, 0) is 19.8 Å². The van der Waals surface area contributed by atoms with E-state index in [1.807, 2.05) is 12.1 Å². The first kappa shape index (κ1) is 18.6. The van der Waals surface area contributed by atoms with Crippen molar-refractivity contribution in [1.82, 2.24) is 4.90 Å². The van der Waals surface area contributed by atoms with E-state index in [1.54, 1.807) is 12.1 Å². The first-order chi connectivity index (χ1) is 13.8. The maximum absolute atomic E-state index is 12.9. The number of esters is 1. The predicted molar refractivity (Wildman–Crippen MR) is 107 cm³/mol. The molecule has 1 heterocycles. The summed E-state index contributed by atoms with van der Waals surface area (Å²) in [4.78, 5) is 39.5. The van der Waals surface area contributed by atoms with E-state index in [0.717, 1.165) is 17.7 Å². The minimum atomic E-state index is -0.571. The van der Waals surface area contributed by atoms with Gasteiger partial charge in [-0.05, 0) is 59.6 Å². The van der Waals surface area contributed by atoms with Crippen molar-refractivity contribution in [3.8, 4) is 5.75 Å². The molecule has 152 valence electrons. The Labute approximate surface area is 171 Å². The van der Waals surface area contributed by atoms with Gasteiger partial charge in [0.25, 0.3) is 0 Å². The van der Waals surface area contributed by atoms with Crippen molar-refractivity contribution in [3.63, 3.8) is 0 Å². The van der Waals surface area contributed by atoms with Gasteiger partial charge in [-0.3, -0.25) is 14.5 Å². The summed E-state index contributed by atoms with van der Waals surface area (Å²) >= 11 is 0. The Bertz CT molecular complexity index is 879. The highest BCUT2D eigenvalue weighted by molar-refractivity contribution is 6.08. The van der Waals surface area contributed by atoms with Gasteiger partial charge in [0.2, 0.25) is 11.8 Å². The molecular formula is C24H27NO4. The fourth-order valence-corrected chi connectivity index (χ4v) is 5.65. The van der Waals surface area contributed by atoms with E-state index < -0.39 is 5.97 Å². The van der Waals surface area contributed by atoms with Crippen LogP contribution < -0.4 is 4.74 Å². The van der Waals surface area contributed by atoms with E-state index >= 15 is 0 Å². The molecule has 5 nitrogen and oxygen atoms in total. The van der Waals surface area contributed by atoms with Crippen LogP contribution in [0, 0.1) is 35.5 Å². The largest absolute Gasteiger partial charge is 0.425 e. The monoisotopic (exact) mass is 393 g/mol. The molecule has 6 atom stereocenters. The van der Waals surface area contributed by atoms with Crippen molar-refractivity contribution in [3.05, 3.63) is 42.0 Å². The topological polar surface area (TPSA) is 63.7 Å². The molecule has 0 aromatic heterocycles. The van der Waals surface area contributed by atoms with Gasteiger partial charge in [-0.1, -0.05) is 45.1 Å². The zero-order valence-electron chi connectivity index (χ0n) is 17.1. The van der Waals surface area contributed by atoms with E-state index in [9.17, 15) is 14.4 Å². The van der Waals surface area contributed by atoms with Crippen LogP contribution >= 0.6 is 0 Å². The van der Waals surface area contributed by atoms with Gasteiger partial charge in [-0.25, -0.2) is 4.79 Å². The highest BCUT2D eigenvalue weighted by Crippen LogP contribution is 2.65. The van der Waals surface area contributed by atoms with Crippen molar-refractivity contribution in [2.24, 2.45) is 35.5 Å². The molecule has 0 unspecified atom stereocenters. The lowest BCUT2D eigenvalue weighted by Gasteiger charge is -2.37. The molecule has 5 heteroatoms. The number of carbonyl (C=O) groups is 3. The van der Waals surface area contributed by atoms with Crippen LogP contribution in [-0.4, -0.2) is 29.2 Å². The number of benzene rings is 1. The number of amides is 2. The Morgan fingerprint density at radius 3 is 2.10 bits per heavy atom. The number of imide groups is 1. The first-order valence-corrected chi connectivity index (χ1v) is 10.7. The molecule has 1 saturated heterocycles. The van der Waals surface area contributed by atoms with Crippen molar-refractivity contribution in [1.29, 1.82) is 0 Å². The lowest BCUT2D eigenvalue weighted by molar-refractivity contribution is -0.148. The molecule has 0 N–H and O–H groups in total. The molecule has 2 amide bonds. The Balaban J connectivity index is 1.26. The SMILES string of the molecule is CCC(C)(C)c1ccc(OC(=O)CN2C(=O)[C@@H]3[C@H]4C=C[C@@H]([C@@H]5C[C@@H]45)[C@H]3C2=O)cc1. The van der Waals surface area contributed by atoms with Crippen LogP contribution in [0.5, 0.6) is 5.75 Å². The second-order valence-electron chi connectivity index (χ2n) is 9.65. The highest BCUT2D eigenvalue weighted by Gasteiger charge is 2.67. The Hall–Kier alpha value is -2.43. The number of carbonyl (C=O) groups excluding carboxylic acids is 3. The van der Waals surface area contributed by atoms with Crippen molar-refractivity contribution < 1.29 is 19.1 Å². The number of likely N-dealkylation sites (tertiary alicyclic amines) is 1. The Morgan fingerprint density at radius 1 is 1.03 bits per heavy atom. The summed E-state index contributed by atoms with van der Waals surface area (Å²) < 4.78 is 5.43. The maximum Gasteiger partial charge on any atom is 0.331 e. The zero-order valence-corrected chi connectivity index (χ0v) is 17.1. The van der Waals surface area contributed by atoms with Gasteiger partial charge in [0.1, 0.15) is 12.3 Å². The molecule has 2 bridgehead atoms. The van der Waals surface area contributed by atoms with Gasteiger partial charge in [0.15, 0.2) is 0 Å². The summed E-state index contributed by atoms with van der Waals surface area (Å²) in [5.41, 5.74) is 1.23. The smallest absolute Gasteiger partial charge is 0.331 e. The molecule has 1 aliphatic heterocycles. The van der Waals surface area contributed by atoms with E-state index in [2.05, 4.69) is 32.9 Å². The first-order valence-electron chi connectivity index (χ1n) is 10.7. The zero-order chi connectivity index (χ0) is 20.5. The summed E-state index contributed by atoms with van der Waals surface area (Å²) in [6, 6.07) is 7.47. The summed E-state index contributed by atoms with van der Waals surface area (Å²) in [7, 11) is 0. The average Bonchev–Trinajstić information content (AvgIpc) is 3.49. The molecule has 1 aromatic carbocycles. The van der Waals surface area contributed by atoms with Gasteiger partial charge in [0, 0.05) is 0 Å². The third-order valence-electron chi connectivity index (χ3n) is 7.79. The number of ether oxygens (including phenoxy) is 1. The number of hydrogen-bond acceptors (Lipinski definition) is 4. The minimum absolute atomic E-state index is 0.0569. The maximum atomic E-state index is 12.9. The summed E-state index contributed by atoms with van der Waals surface area (Å²) in [6.07, 6.45) is 6.40. The van der Waals surface area contributed by atoms with E-state index in [-0.39, 0.29) is 47.4 Å². The highest BCUT2D eigenvalue weighted by atomic mass is 16.5.